The minimum atomic E-state index is 1.01. The summed E-state index contributed by atoms with van der Waals surface area (Å²) in [5.74, 6) is 0. The molecule has 3 heteroatoms. The van der Waals surface area contributed by atoms with Crippen LogP contribution in [-0.4, -0.2) is 26.2 Å². The molecule has 0 aliphatic rings. The van der Waals surface area contributed by atoms with E-state index in [4.69, 9.17) is 0 Å². The molecule has 55 heavy (non-hydrogen) atoms. The average molecular weight is 720 g/mol. The van der Waals surface area contributed by atoms with Crippen LogP contribution in [0.1, 0.15) is 49.9 Å². The number of anilines is 5. The van der Waals surface area contributed by atoms with Crippen molar-refractivity contribution in [1.82, 2.24) is 0 Å². The van der Waals surface area contributed by atoms with Crippen LogP contribution in [0.5, 0.6) is 0 Å². The number of aryl methyl sites for hydroxylation is 4. The average Bonchev–Trinajstić information content (AvgIpc) is 3.24. The Morgan fingerprint density at radius 2 is 0.764 bits per heavy atom. The normalized spacial score (nSPS) is 11.5. The first-order chi connectivity index (χ1) is 27.1. The van der Waals surface area contributed by atoms with Crippen LogP contribution in [0, 0.1) is 0 Å². The second-order valence-electron chi connectivity index (χ2n) is 14.8. The maximum Gasteiger partial charge on any atom is 0.0540 e. The molecule has 0 aliphatic heterocycles. The van der Waals surface area contributed by atoms with Gasteiger partial charge in [-0.25, -0.2) is 0 Å². The van der Waals surface area contributed by atoms with Crippen LogP contribution in [-0.2, 0) is 25.7 Å². The summed E-state index contributed by atoms with van der Waals surface area (Å²) in [6.45, 7) is 13.0. The molecule has 0 aliphatic carbocycles. The van der Waals surface area contributed by atoms with E-state index < -0.39 is 0 Å². The number of benzene rings is 8. The molecule has 0 fully saturated rings. The van der Waals surface area contributed by atoms with Gasteiger partial charge in [0, 0.05) is 54.3 Å². The number of nitrogens with zero attached hydrogens (tertiary/aromatic N) is 3. The van der Waals surface area contributed by atoms with E-state index in [0.29, 0.717) is 0 Å². The Bertz CT molecular complexity index is 2370. The van der Waals surface area contributed by atoms with E-state index in [2.05, 4.69) is 194 Å². The van der Waals surface area contributed by atoms with Gasteiger partial charge in [-0.15, -0.1) is 0 Å². The van der Waals surface area contributed by atoms with Gasteiger partial charge in [-0.3, -0.25) is 0 Å². The van der Waals surface area contributed by atoms with Crippen LogP contribution in [0.15, 0.2) is 152 Å². The summed E-state index contributed by atoms with van der Waals surface area (Å²) in [4.78, 5) is 7.30. The van der Waals surface area contributed by atoms with Gasteiger partial charge in [-0.2, -0.15) is 0 Å². The van der Waals surface area contributed by atoms with Crippen molar-refractivity contribution >= 4 is 60.8 Å². The van der Waals surface area contributed by atoms with Gasteiger partial charge >= 0.3 is 0 Å². The van der Waals surface area contributed by atoms with Gasteiger partial charge in [0.25, 0.3) is 0 Å². The molecule has 0 saturated heterocycles. The predicted molar refractivity (Wildman–Crippen MR) is 240 cm³/mol. The SMILES string of the molecule is CCN(CC)c1cccc(CCc2ccc(N(c3ccc(CCc4cccc(N(CC)CC)c4)cc3)c3ccc4ccc5cccc6ccc3c4c56)cc2)c1. The van der Waals surface area contributed by atoms with Gasteiger partial charge in [0.05, 0.1) is 5.69 Å². The lowest BCUT2D eigenvalue weighted by atomic mass is 9.93. The molecule has 0 unspecified atom stereocenters. The highest BCUT2D eigenvalue weighted by molar-refractivity contribution is 6.25. The molecule has 0 heterocycles. The van der Waals surface area contributed by atoms with Crippen LogP contribution in [0.3, 0.4) is 0 Å². The van der Waals surface area contributed by atoms with E-state index in [9.17, 15) is 0 Å². The summed E-state index contributed by atoms with van der Waals surface area (Å²) in [6.07, 6.45) is 4.06. The fourth-order valence-corrected chi connectivity index (χ4v) is 8.54. The molecule has 0 spiro atoms. The maximum atomic E-state index is 2.46. The summed E-state index contributed by atoms with van der Waals surface area (Å²) in [5.41, 5.74) is 11.7. The molecule has 0 amide bonds. The lowest BCUT2D eigenvalue weighted by Gasteiger charge is -2.28. The van der Waals surface area contributed by atoms with E-state index in [1.807, 2.05) is 0 Å². The summed E-state index contributed by atoms with van der Waals surface area (Å²) in [5, 5.41) is 7.82. The van der Waals surface area contributed by atoms with Crippen molar-refractivity contribution in [3.63, 3.8) is 0 Å². The van der Waals surface area contributed by atoms with Gasteiger partial charge < -0.3 is 14.7 Å². The quantitative estimate of drug-likeness (QED) is 0.0977. The topological polar surface area (TPSA) is 9.72 Å². The van der Waals surface area contributed by atoms with E-state index in [-0.39, 0.29) is 0 Å². The minimum absolute atomic E-state index is 1.01. The zero-order chi connectivity index (χ0) is 37.7. The highest BCUT2D eigenvalue weighted by Gasteiger charge is 2.19. The number of hydrogen-bond acceptors (Lipinski definition) is 3. The smallest absolute Gasteiger partial charge is 0.0540 e. The molecule has 0 aromatic heterocycles. The molecule has 0 bridgehead atoms. The van der Waals surface area contributed by atoms with Gasteiger partial charge in [0.15, 0.2) is 0 Å². The zero-order valence-corrected chi connectivity index (χ0v) is 32.9. The highest BCUT2D eigenvalue weighted by Crippen LogP contribution is 2.44. The number of hydrogen-bond donors (Lipinski definition) is 0. The molecule has 0 saturated carbocycles. The first-order valence-corrected chi connectivity index (χ1v) is 20.4. The molecule has 0 atom stereocenters. The third kappa shape index (κ3) is 7.49. The van der Waals surface area contributed by atoms with Crippen LogP contribution in [0.4, 0.5) is 28.4 Å². The third-order valence-corrected chi connectivity index (χ3v) is 11.6. The lowest BCUT2D eigenvalue weighted by molar-refractivity contribution is 0.862. The Kier molecular flexibility index (Phi) is 10.7. The number of rotatable bonds is 15. The molecule has 8 aromatic rings. The van der Waals surface area contributed by atoms with Gasteiger partial charge in [-0.1, -0.05) is 97.1 Å². The highest BCUT2D eigenvalue weighted by atomic mass is 15.1. The fraction of sp³-hybridized carbons (Fsp3) is 0.231. The summed E-state index contributed by atoms with van der Waals surface area (Å²) < 4.78 is 0. The second-order valence-corrected chi connectivity index (χ2v) is 14.8. The van der Waals surface area contributed by atoms with Crippen molar-refractivity contribution in [2.24, 2.45) is 0 Å². The molecular formula is C52H53N3. The van der Waals surface area contributed by atoms with Gasteiger partial charge in [0.1, 0.15) is 0 Å². The van der Waals surface area contributed by atoms with Crippen LogP contribution >= 0.6 is 0 Å². The second kappa shape index (κ2) is 16.3. The molecule has 8 rings (SSSR count). The monoisotopic (exact) mass is 719 g/mol. The Morgan fingerprint density at radius 3 is 1.25 bits per heavy atom. The standard InChI is InChI=1S/C52H53N3/c1-5-53(6-2)47-16-9-12-40(36-47)20-18-38-22-30-45(31-23-38)55(50-35-29-44-27-26-42-14-11-15-43-28-34-49(50)52(44)51(42)43)46-32-24-39(25-33-46)19-21-41-13-10-17-48(37-41)54(7-3)8-4/h9-17,22-37H,5-8,18-21H2,1-4H3. The lowest BCUT2D eigenvalue weighted by Crippen LogP contribution is -2.21. The Labute approximate surface area is 327 Å². The van der Waals surface area contributed by atoms with E-state index >= 15 is 0 Å². The van der Waals surface area contributed by atoms with Crippen LogP contribution < -0.4 is 14.7 Å². The van der Waals surface area contributed by atoms with Gasteiger partial charge in [0.2, 0.25) is 0 Å². The first-order valence-electron chi connectivity index (χ1n) is 20.4. The van der Waals surface area contributed by atoms with Crippen molar-refractivity contribution in [2.75, 3.05) is 40.9 Å². The summed E-state index contributed by atoms with van der Waals surface area (Å²) in [7, 11) is 0. The summed E-state index contributed by atoms with van der Waals surface area (Å²) >= 11 is 0. The fourth-order valence-electron chi connectivity index (χ4n) is 8.54. The summed E-state index contributed by atoms with van der Waals surface area (Å²) in [6, 6.07) is 57.1. The van der Waals surface area contributed by atoms with Crippen LogP contribution in [0.2, 0.25) is 0 Å². The zero-order valence-electron chi connectivity index (χ0n) is 32.9. The van der Waals surface area contributed by atoms with Crippen molar-refractivity contribution in [2.45, 2.75) is 53.4 Å². The Hall–Kier alpha value is -5.80. The Morgan fingerprint density at radius 1 is 0.345 bits per heavy atom. The van der Waals surface area contributed by atoms with Crippen LogP contribution in [0.25, 0.3) is 32.3 Å². The van der Waals surface area contributed by atoms with Crippen molar-refractivity contribution in [3.05, 3.63) is 174 Å². The van der Waals surface area contributed by atoms with Gasteiger partial charge in [-0.05, 0) is 157 Å². The van der Waals surface area contributed by atoms with E-state index in [1.165, 1.54) is 83.0 Å². The Balaban J connectivity index is 1.11. The van der Waals surface area contributed by atoms with E-state index in [0.717, 1.165) is 51.9 Å². The molecule has 0 radical (unpaired) electrons. The molecular weight excluding hydrogens is 667 g/mol. The minimum Gasteiger partial charge on any atom is -0.372 e. The maximum absolute atomic E-state index is 2.46. The van der Waals surface area contributed by atoms with E-state index in [1.54, 1.807) is 0 Å². The molecule has 0 N–H and O–H groups in total. The molecule has 8 aromatic carbocycles. The first kappa shape index (κ1) is 36.2. The molecule has 3 nitrogen and oxygen atoms in total. The van der Waals surface area contributed by atoms with Crippen molar-refractivity contribution in [3.8, 4) is 0 Å². The van der Waals surface area contributed by atoms with Crippen molar-refractivity contribution < 1.29 is 0 Å². The largest absolute Gasteiger partial charge is 0.372 e. The molecule has 276 valence electrons. The van der Waals surface area contributed by atoms with Crippen molar-refractivity contribution in [1.29, 1.82) is 0 Å². The third-order valence-electron chi connectivity index (χ3n) is 11.6. The predicted octanol–water partition coefficient (Wildman–Crippen LogP) is 13.3.